The molecule has 302 valence electrons. The Morgan fingerprint density at radius 3 is 1.02 bits per heavy atom. The lowest BCUT2D eigenvalue weighted by molar-refractivity contribution is -0.345. The van der Waals surface area contributed by atoms with E-state index in [2.05, 4.69) is 13.8 Å². The summed E-state index contributed by atoms with van der Waals surface area (Å²) in [5.41, 5.74) is -0.0938. The van der Waals surface area contributed by atoms with Gasteiger partial charge in [0, 0.05) is 6.92 Å². The monoisotopic (exact) mass is 731 g/mol. The van der Waals surface area contributed by atoms with Gasteiger partial charge in [-0.25, -0.2) is 9.59 Å². The van der Waals surface area contributed by atoms with Gasteiger partial charge < -0.3 is 19.3 Å². The second-order valence-electron chi connectivity index (χ2n) is 15.4. The van der Waals surface area contributed by atoms with Crippen LogP contribution in [-0.2, 0) is 14.2 Å². The molecule has 0 heterocycles. The fraction of sp³-hybridized carbons (Fsp3) is 0.826. The first-order valence-electron chi connectivity index (χ1n) is 22.3. The van der Waals surface area contributed by atoms with Gasteiger partial charge in [0.05, 0.1) is 24.3 Å². The van der Waals surface area contributed by atoms with E-state index in [1.54, 1.807) is 19.1 Å². The van der Waals surface area contributed by atoms with Gasteiger partial charge in [-0.3, -0.25) is 0 Å². The van der Waals surface area contributed by atoms with Crippen LogP contribution >= 0.6 is 0 Å². The van der Waals surface area contributed by atoms with Gasteiger partial charge in [-0.2, -0.15) is 0 Å². The average molecular weight is 731 g/mol. The topological polar surface area (TPSA) is 82.1 Å². The molecule has 6 heteroatoms. The Bertz CT molecular complexity index is 924. The number of benzene rings is 1. The maximum atomic E-state index is 13.1. The van der Waals surface area contributed by atoms with E-state index in [4.69, 9.17) is 14.2 Å². The SMILES string of the molecule is CCCCCCCCCCCCCCCCCCOC(C)(OCCCCCCCCCCCCCCCCCC)OC(=O)c1ccccc1C(=O)O. The molecular weight excluding hydrogens is 649 g/mol. The number of carbonyl (C=O) groups is 2. The first-order chi connectivity index (χ1) is 25.4. The van der Waals surface area contributed by atoms with E-state index in [9.17, 15) is 14.7 Å². The summed E-state index contributed by atoms with van der Waals surface area (Å²) in [4.78, 5) is 24.8. The summed E-state index contributed by atoms with van der Waals surface area (Å²) in [7, 11) is 0. The molecule has 0 spiro atoms. The minimum atomic E-state index is -1.56. The van der Waals surface area contributed by atoms with Crippen LogP contribution in [0.5, 0.6) is 0 Å². The maximum absolute atomic E-state index is 13.1. The van der Waals surface area contributed by atoms with Crippen LogP contribution in [0.4, 0.5) is 0 Å². The molecule has 1 rings (SSSR count). The third kappa shape index (κ3) is 27.7. The zero-order valence-corrected chi connectivity index (χ0v) is 34.3. The molecular formula is C46H82O6. The zero-order chi connectivity index (χ0) is 37.8. The van der Waals surface area contributed by atoms with Crippen LogP contribution < -0.4 is 0 Å². The first-order valence-corrected chi connectivity index (χ1v) is 22.3. The first kappa shape index (κ1) is 48.1. The van der Waals surface area contributed by atoms with E-state index in [1.807, 2.05) is 0 Å². The molecule has 0 unspecified atom stereocenters. The Balaban J connectivity index is 2.27. The highest BCUT2D eigenvalue weighted by Crippen LogP contribution is 2.22. The van der Waals surface area contributed by atoms with Crippen LogP contribution in [0, 0.1) is 0 Å². The number of unbranched alkanes of at least 4 members (excludes halogenated alkanes) is 30. The molecule has 1 aromatic rings. The van der Waals surface area contributed by atoms with Crippen LogP contribution in [0.2, 0.25) is 0 Å². The number of carboxylic acids is 1. The molecule has 0 aliphatic heterocycles. The average Bonchev–Trinajstić information content (AvgIpc) is 3.14. The largest absolute Gasteiger partial charge is 0.478 e. The minimum absolute atomic E-state index is 0.00163. The molecule has 0 saturated carbocycles. The van der Waals surface area contributed by atoms with Crippen LogP contribution in [0.3, 0.4) is 0 Å². The minimum Gasteiger partial charge on any atom is -0.478 e. The van der Waals surface area contributed by atoms with E-state index >= 15 is 0 Å². The Morgan fingerprint density at radius 2 is 0.731 bits per heavy atom. The van der Waals surface area contributed by atoms with Crippen molar-refractivity contribution in [3.63, 3.8) is 0 Å². The van der Waals surface area contributed by atoms with Crippen molar-refractivity contribution in [3.05, 3.63) is 35.4 Å². The normalized spacial score (nSPS) is 11.7. The predicted octanol–water partition coefficient (Wildman–Crippen LogP) is 14.8. The lowest BCUT2D eigenvalue weighted by atomic mass is 10.0. The number of ether oxygens (including phenoxy) is 3. The molecule has 1 N–H and O–H groups in total. The number of esters is 1. The number of carboxylic acid groups (broad SMARTS) is 1. The van der Waals surface area contributed by atoms with E-state index in [-0.39, 0.29) is 11.1 Å². The molecule has 0 atom stereocenters. The van der Waals surface area contributed by atoms with Crippen LogP contribution in [0.15, 0.2) is 24.3 Å². The Hall–Kier alpha value is -1.92. The number of hydrogen-bond donors (Lipinski definition) is 1. The van der Waals surface area contributed by atoms with E-state index in [1.165, 1.54) is 192 Å². The molecule has 0 radical (unpaired) electrons. The van der Waals surface area contributed by atoms with Crippen molar-refractivity contribution in [2.24, 2.45) is 0 Å². The molecule has 0 fully saturated rings. The highest BCUT2D eigenvalue weighted by Gasteiger charge is 2.33. The molecule has 52 heavy (non-hydrogen) atoms. The summed E-state index contributed by atoms with van der Waals surface area (Å²) in [6, 6.07) is 6.11. The highest BCUT2D eigenvalue weighted by molar-refractivity contribution is 6.02. The van der Waals surface area contributed by atoms with Crippen molar-refractivity contribution >= 4 is 11.9 Å². The number of rotatable bonds is 39. The Labute approximate surface area is 320 Å². The molecule has 0 bridgehead atoms. The molecule has 0 saturated heterocycles. The van der Waals surface area contributed by atoms with Crippen LogP contribution in [0.1, 0.15) is 247 Å². The van der Waals surface area contributed by atoms with Crippen molar-refractivity contribution < 1.29 is 28.9 Å². The van der Waals surface area contributed by atoms with Crippen LogP contribution in [0.25, 0.3) is 0 Å². The zero-order valence-electron chi connectivity index (χ0n) is 34.3. The Kier molecular flexibility index (Phi) is 32.2. The number of carbonyl (C=O) groups excluding carboxylic acids is 1. The van der Waals surface area contributed by atoms with Gasteiger partial charge in [0.25, 0.3) is 0 Å². The van der Waals surface area contributed by atoms with Gasteiger partial charge >= 0.3 is 17.9 Å². The predicted molar refractivity (Wildman–Crippen MR) is 218 cm³/mol. The van der Waals surface area contributed by atoms with E-state index in [0.717, 1.165) is 25.7 Å². The molecule has 0 aliphatic carbocycles. The molecule has 0 aliphatic rings. The van der Waals surface area contributed by atoms with E-state index < -0.39 is 17.9 Å². The lowest BCUT2D eigenvalue weighted by Crippen LogP contribution is -2.39. The summed E-state index contributed by atoms with van der Waals surface area (Å²) in [5.74, 6) is -3.48. The Morgan fingerprint density at radius 1 is 0.462 bits per heavy atom. The standard InChI is InChI=1S/C46H82O6/c1-4-6-8-10-12-14-16-18-20-22-24-26-28-30-32-36-40-50-46(3,52-45(49)43-39-35-34-38-42(43)44(47)48)51-41-37-33-31-29-27-25-23-21-19-17-15-13-11-9-7-5-2/h34-35,38-39H,4-33,36-37,40-41H2,1-3H3,(H,47,48). The van der Waals surface area contributed by atoms with Gasteiger partial charge in [-0.05, 0) is 25.0 Å². The molecule has 6 nitrogen and oxygen atoms in total. The number of hydrogen-bond acceptors (Lipinski definition) is 5. The summed E-state index contributed by atoms with van der Waals surface area (Å²) in [5, 5.41) is 9.57. The van der Waals surface area contributed by atoms with Crippen molar-refractivity contribution in [3.8, 4) is 0 Å². The summed E-state index contributed by atoms with van der Waals surface area (Å²) < 4.78 is 17.8. The molecule has 0 aromatic heterocycles. The summed E-state index contributed by atoms with van der Waals surface area (Å²) in [6.07, 6.45) is 41.6. The van der Waals surface area contributed by atoms with Crippen molar-refractivity contribution in [2.75, 3.05) is 13.2 Å². The highest BCUT2D eigenvalue weighted by atomic mass is 16.9. The van der Waals surface area contributed by atoms with Crippen molar-refractivity contribution in [1.29, 1.82) is 0 Å². The maximum Gasteiger partial charge on any atom is 0.343 e. The molecule has 1 aromatic carbocycles. The summed E-state index contributed by atoms with van der Waals surface area (Å²) >= 11 is 0. The lowest BCUT2D eigenvalue weighted by Gasteiger charge is -2.29. The van der Waals surface area contributed by atoms with Crippen molar-refractivity contribution in [2.45, 2.75) is 232 Å². The van der Waals surface area contributed by atoms with Crippen LogP contribution in [-0.4, -0.2) is 36.2 Å². The van der Waals surface area contributed by atoms with E-state index in [0.29, 0.717) is 13.2 Å². The second kappa shape index (κ2) is 34.8. The van der Waals surface area contributed by atoms with Gasteiger partial charge in [0.1, 0.15) is 0 Å². The van der Waals surface area contributed by atoms with Gasteiger partial charge in [0.15, 0.2) is 0 Å². The third-order valence-corrected chi connectivity index (χ3v) is 10.4. The van der Waals surface area contributed by atoms with Crippen molar-refractivity contribution in [1.82, 2.24) is 0 Å². The second-order valence-corrected chi connectivity index (χ2v) is 15.4. The summed E-state index contributed by atoms with van der Waals surface area (Å²) in [6.45, 7) is 7.02. The quantitative estimate of drug-likeness (QED) is 0.0412. The fourth-order valence-electron chi connectivity index (χ4n) is 6.99. The van der Waals surface area contributed by atoms with Gasteiger partial charge in [0.2, 0.25) is 0 Å². The fourth-order valence-corrected chi connectivity index (χ4v) is 6.99. The number of aromatic carboxylic acids is 1. The van der Waals surface area contributed by atoms with Gasteiger partial charge in [-0.15, -0.1) is 0 Å². The molecule has 0 amide bonds. The smallest absolute Gasteiger partial charge is 0.343 e. The third-order valence-electron chi connectivity index (χ3n) is 10.4. The van der Waals surface area contributed by atoms with Gasteiger partial charge in [-0.1, -0.05) is 219 Å².